The third-order valence-electron chi connectivity index (χ3n) is 8.88. The molecule has 1 N–H and O–H groups in total. The molecule has 4 rings (SSSR count). The van der Waals surface area contributed by atoms with Gasteiger partial charge >= 0.3 is 0 Å². The van der Waals surface area contributed by atoms with Crippen LogP contribution in [0, 0.1) is 46.3 Å². The van der Waals surface area contributed by atoms with Crippen LogP contribution in [0.4, 0.5) is 0 Å². The van der Waals surface area contributed by atoms with Crippen LogP contribution in [-0.2, 0) is 0 Å². The Hall–Kier alpha value is -0.790. The van der Waals surface area contributed by atoms with E-state index < -0.39 is 0 Å². The lowest BCUT2D eigenvalue weighted by Gasteiger charge is -2.42. The van der Waals surface area contributed by atoms with Gasteiger partial charge in [0.2, 0.25) is 0 Å². The number of hydrogen-bond donors (Lipinski definition) is 1. The summed E-state index contributed by atoms with van der Waals surface area (Å²) in [5.41, 5.74) is 5.06. The van der Waals surface area contributed by atoms with Gasteiger partial charge in [-0.15, -0.1) is 0 Å². The fraction of sp³-hybridized carbons (Fsp3) is 0.850. The van der Waals surface area contributed by atoms with Crippen molar-refractivity contribution in [1.29, 1.82) is 0 Å². The summed E-state index contributed by atoms with van der Waals surface area (Å²) < 4.78 is 0. The van der Waals surface area contributed by atoms with Gasteiger partial charge in [-0.2, -0.15) is 0 Å². The minimum absolute atomic E-state index is 0.349. The van der Waals surface area contributed by atoms with E-state index in [1.54, 1.807) is 5.57 Å². The Kier molecular flexibility index (Phi) is 2.81. The van der Waals surface area contributed by atoms with Crippen LogP contribution in [-0.4, -0.2) is 10.9 Å². The molecular weight excluding hydrogens is 270 g/mol. The van der Waals surface area contributed by atoms with E-state index in [4.69, 9.17) is 0 Å². The molecule has 4 fully saturated rings. The second kappa shape index (κ2) is 4.19. The number of hydrogen-bond acceptors (Lipinski definition) is 2. The van der Waals surface area contributed by atoms with Gasteiger partial charge in [0, 0.05) is 5.92 Å². The molecular formula is C20H31NO. The van der Waals surface area contributed by atoms with E-state index in [-0.39, 0.29) is 0 Å². The highest BCUT2D eigenvalue weighted by molar-refractivity contribution is 6.06. The van der Waals surface area contributed by atoms with Crippen molar-refractivity contribution in [3.05, 3.63) is 11.1 Å². The summed E-state index contributed by atoms with van der Waals surface area (Å²) in [4.78, 5) is 0. The Labute approximate surface area is 135 Å². The van der Waals surface area contributed by atoms with Gasteiger partial charge in [0.25, 0.3) is 0 Å². The minimum Gasteiger partial charge on any atom is -0.411 e. The number of nitrogens with zero attached hydrogens (tertiary/aromatic N) is 1. The summed E-state index contributed by atoms with van der Waals surface area (Å²) in [5.74, 6) is 4.04. The highest BCUT2D eigenvalue weighted by Gasteiger charge is 2.60. The maximum Gasteiger partial charge on any atom is 0.0864 e. The van der Waals surface area contributed by atoms with Gasteiger partial charge in [-0.3, -0.25) is 0 Å². The molecule has 4 bridgehead atoms. The number of oxime groups is 1. The molecule has 2 heteroatoms. The Balaban J connectivity index is 1.81. The van der Waals surface area contributed by atoms with Gasteiger partial charge < -0.3 is 5.21 Å². The van der Waals surface area contributed by atoms with Crippen LogP contribution in [0.3, 0.4) is 0 Å². The monoisotopic (exact) mass is 301 g/mol. The zero-order chi connectivity index (χ0) is 16.0. The molecule has 4 saturated carbocycles. The van der Waals surface area contributed by atoms with Crippen molar-refractivity contribution in [3.63, 3.8) is 0 Å². The molecule has 0 radical (unpaired) electrons. The molecule has 0 aromatic heterocycles. The van der Waals surface area contributed by atoms with Crippen molar-refractivity contribution in [1.82, 2.24) is 0 Å². The van der Waals surface area contributed by atoms with E-state index in [0.717, 1.165) is 23.5 Å². The highest BCUT2D eigenvalue weighted by atomic mass is 16.4. The summed E-state index contributed by atoms with van der Waals surface area (Å²) in [7, 11) is 0. The summed E-state index contributed by atoms with van der Waals surface area (Å²) >= 11 is 0. The first-order valence-corrected chi connectivity index (χ1v) is 9.16. The van der Waals surface area contributed by atoms with Crippen molar-refractivity contribution >= 4 is 5.71 Å². The lowest BCUT2D eigenvalue weighted by Crippen LogP contribution is -2.37. The van der Waals surface area contributed by atoms with Crippen molar-refractivity contribution in [3.8, 4) is 0 Å². The molecule has 4 aliphatic carbocycles. The molecule has 0 spiro atoms. The predicted octanol–water partition coefficient (Wildman–Crippen LogP) is 5.13. The molecule has 122 valence electrons. The molecule has 0 aromatic rings. The molecule has 0 amide bonds. The van der Waals surface area contributed by atoms with Crippen molar-refractivity contribution in [2.75, 3.05) is 0 Å². The van der Waals surface area contributed by atoms with E-state index in [0.29, 0.717) is 28.6 Å². The SMILES string of the molecule is C[C@@H]1[C@H]2C[C@H](CC2=C2/C(=N\O)[C@@H]3C[C@@H]2C(C)(C)[C@H]3C)C1(C)C. The van der Waals surface area contributed by atoms with Crippen LogP contribution >= 0.6 is 0 Å². The fourth-order valence-corrected chi connectivity index (χ4v) is 6.55. The van der Waals surface area contributed by atoms with Gasteiger partial charge in [-0.1, -0.05) is 52.3 Å². The summed E-state index contributed by atoms with van der Waals surface area (Å²) in [6.45, 7) is 14.6. The highest BCUT2D eigenvalue weighted by Crippen LogP contribution is 2.66. The summed E-state index contributed by atoms with van der Waals surface area (Å²) in [6.07, 6.45) is 3.82. The first-order chi connectivity index (χ1) is 10.2. The van der Waals surface area contributed by atoms with E-state index in [9.17, 15) is 5.21 Å². The predicted molar refractivity (Wildman–Crippen MR) is 89.9 cm³/mol. The lowest BCUT2D eigenvalue weighted by molar-refractivity contribution is 0.160. The molecule has 2 nitrogen and oxygen atoms in total. The zero-order valence-electron chi connectivity index (χ0n) is 15.0. The van der Waals surface area contributed by atoms with Gasteiger partial charge in [-0.25, -0.2) is 0 Å². The maximum absolute atomic E-state index is 9.70. The molecule has 4 aliphatic rings. The van der Waals surface area contributed by atoms with Crippen LogP contribution < -0.4 is 0 Å². The van der Waals surface area contributed by atoms with E-state index in [1.807, 2.05) is 0 Å². The molecule has 0 heterocycles. The number of fused-ring (bicyclic) bond motifs is 4. The third kappa shape index (κ3) is 1.50. The van der Waals surface area contributed by atoms with Crippen LogP contribution in [0.15, 0.2) is 16.3 Å². The Morgan fingerprint density at radius 3 is 2.14 bits per heavy atom. The van der Waals surface area contributed by atoms with Crippen LogP contribution in [0.25, 0.3) is 0 Å². The Bertz CT molecular complexity index is 579. The van der Waals surface area contributed by atoms with Crippen LogP contribution in [0.2, 0.25) is 0 Å². The standard InChI is InChI=1S/C20H31NO/c1-10-13-7-12(19(10,3)4)8-15(13)17-16-9-14(18(17)21-22)11(2)20(16,5)6/h10-14,16,22H,7-9H2,1-6H3/b17-15?,21-18-/t10-,11+,12-,13-,14-,16+/m1/s1. The van der Waals surface area contributed by atoms with E-state index in [2.05, 4.69) is 46.7 Å². The average Bonchev–Trinajstić information content (AvgIpc) is 3.14. The van der Waals surface area contributed by atoms with Crippen molar-refractivity contribution < 1.29 is 5.21 Å². The first-order valence-electron chi connectivity index (χ1n) is 9.16. The zero-order valence-corrected chi connectivity index (χ0v) is 15.0. The first kappa shape index (κ1) is 14.8. The molecule has 0 aromatic carbocycles. The Morgan fingerprint density at radius 1 is 0.955 bits per heavy atom. The second-order valence-electron chi connectivity index (χ2n) is 9.78. The third-order valence-corrected chi connectivity index (χ3v) is 8.88. The normalized spacial score (nSPS) is 52.9. The quantitative estimate of drug-likeness (QED) is 0.488. The van der Waals surface area contributed by atoms with Crippen molar-refractivity contribution in [2.24, 2.45) is 51.5 Å². The molecule has 0 unspecified atom stereocenters. The average molecular weight is 301 g/mol. The topological polar surface area (TPSA) is 32.6 Å². The largest absolute Gasteiger partial charge is 0.411 e. The fourth-order valence-electron chi connectivity index (χ4n) is 6.55. The molecule has 0 saturated heterocycles. The summed E-state index contributed by atoms with van der Waals surface area (Å²) in [5, 5.41) is 13.5. The second-order valence-corrected chi connectivity index (χ2v) is 9.78. The molecule has 0 aliphatic heterocycles. The van der Waals surface area contributed by atoms with Gasteiger partial charge in [0.1, 0.15) is 0 Å². The van der Waals surface area contributed by atoms with E-state index in [1.165, 1.54) is 24.8 Å². The smallest absolute Gasteiger partial charge is 0.0864 e. The number of rotatable bonds is 0. The molecule has 22 heavy (non-hydrogen) atoms. The van der Waals surface area contributed by atoms with Gasteiger partial charge in [-0.05, 0) is 65.3 Å². The van der Waals surface area contributed by atoms with Crippen LogP contribution in [0.1, 0.15) is 60.8 Å². The number of allylic oxidation sites excluding steroid dienone is 2. The van der Waals surface area contributed by atoms with Crippen LogP contribution in [0.5, 0.6) is 0 Å². The van der Waals surface area contributed by atoms with Gasteiger partial charge in [0.15, 0.2) is 0 Å². The maximum atomic E-state index is 9.70. The van der Waals surface area contributed by atoms with Gasteiger partial charge in [0.05, 0.1) is 5.71 Å². The summed E-state index contributed by atoms with van der Waals surface area (Å²) in [6, 6.07) is 0. The Morgan fingerprint density at radius 2 is 1.59 bits per heavy atom. The lowest BCUT2D eigenvalue weighted by atomic mass is 9.62. The van der Waals surface area contributed by atoms with Crippen molar-refractivity contribution in [2.45, 2.75) is 60.8 Å². The molecule has 6 atom stereocenters. The minimum atomic E-state index is 0.349. The van der Waals surface area contributed by atoms with E-state index >= 15 is 0 Å².